The number of rotatable bonds is 3. The Morgan fingerprint density at radius 1 is 0.677 bits per heavy atom. The summed E-state index contributed by atoms with van der Waals surface area (Å²) in [7, 11) is 0. The van der Waals surface area contributed by atoms with E-state index in [1.807, 2.05) is 24.3 Å². The molecule has 31 heavy (non-hydrogen) atoms. The lowest BCUT2D eigenvalue weighted by atomic mass is 10.1. The molecule has 0 radical (unpaired) electrons. The normalized spacial score (nSPS) is 11.4. The Labute approximate surface area is 200 Å². The molecule has 1 N–H and O–H groups in total. The number of aromatic amines is 1. The number of halogens is 5. The van der Waals surface area contributed by atoms with Crippen LogP contribution in [0.15, 0.2) is 52.9 Å². The number of benzene rings is 3. The molecule has 0 fully saturated rings. The molecule has 2 heterocycles. The van der Waals surface area contributed by atoms with Crippen LogP contribution in [0.5, 0.6) is 0 Å². The van der Waals surface area contributed by atoms with Gasteiger partial charge < -0.3 is 9.40 Å². The highest BCUT2D eigenvalue weighted by molar-refractivity contribution is 6.54. The van der Waals surface area contributed by atoms with Crippen molar-refractivity contribution in [3.63, 3.8) is 0 Å². The maximum atomic E-state index is 6.59. The van der Waals surface area contributed by atoms with Crippen molar-refractivity contribution in [2.45, 2.75) is 0 Å². The van der Waals surface area contributed by atoms with E-state index in [0.717, 1.165) is 11.0 Å². The molecule has 3 aromatic carbocycles. The minimum atomic E-state index is 0.0782. The Morgan fingerprint density at radius 3 is 2.03 bits per heavy atom. The zero-order valence-corrected chi connectivity index (χ0v) is 19.0. The summed E-state index contributed by atoms with van der Waals surface area (Å²) in [6.07, 6.45) is 0. The first-order valence-electron chi connectivity index (χ1n) is 8.85. The van der Waals surface area contributed by atoms with Gasteiger partial charge >= 0.3 is 0 Å². The fraction of sp³-hybridized carbons (Fsp3) is 0. The third kappa shape index (κ3) is 3.56. The Hall–Kier alpha value is -2.28. The van der Waals surface area contributed by atoms with Gasteiger partial charge in [0.1, 0.15) is 5.82 Å². The zero-order valence-electron chi connectivity index (χ0n) is 15.3. The van der Waals surface area contributed by atoms with Crippen LogP contribution in [-0.4, -0.2) is 20.2 Å². The first kappa shape index (κ1) is 20.6. The van der Waals surface area contributed by atoms with E-state index in [9.17, 15) is 0 Å². The van der Waals surface area contributed by atoms with E-state index in [0.29, 0.717) is 27.5 Å². The van der Waals surface area contributed by atoms with Gasteiger partial charge in [0.05, 0.1) is 42.3 Å². The van der Waals surface area contributed by atoms with Gasteiger partial charge in [0.2, 0.25) is 5.89 Å². The molecule has 0 aliphatic rings. The summed E-state index contributed by atoms with van der Waals surface area (Å²) < 4.78 is 5.91. The minimum absolute atomic E-state index is 0.0782. The molecule has 0 amide bonds. The first-order chi connectivity index (χ1) is 14.9. The van der Waals surface area contributed by atoms with Crippen molar-refractivity contribution in [3.05, 3.63) is 73.6 Å². The molecule has 0 aliphatic carbocycles. The molecule has 5 nitrogen and oxygen atoms in total. The Kier molecular flexibility index (Phi) is 5.32. The molecule has 5 aromatic rings. The van der Waals surface area contributed by atoms with Crippen LogP contribution in [0.25, 0.3) is 45.3 Å². The van der Waals surface area contributed by atoms with Gasteiger partial charge in [0.25, 0.3) is 5.89 Å². The van der Waals surface area contributed by atoms with Gasteiger partial charge in [0.15, 0.2) is 0 Å². The monoisotopic (exact) mass is 508 g/mol. The number of hydrogen-bond acceptors (Lipinski definition) is 4. The number of H-pyrrole nitrogens is 1. The van der Waals surface area contributed by atoms with Crippen molar-refractivity contribution < 1.29 is 4.42 Å². The van der Waals surface area contributed by atoms with E-state index in [-0.39, 0.29) is 31.9 Å². The van der Waals surface area contributed by atoms with Gasteiger partial charge in [-0.25, -0.2) is 4.98 Å². The number of imidazole rings is 1. The first-order valence-corrected chi connectivity index (χ1v) is 10.7. The van der Waals surface area contributed by atoms with E-state index in [1.54, 1.807) is 24.3 Å². The number of aromatic nitrogens is 4. The van der Waals surface area contributed by atoms with Gasteiger partial charge in [-0.2, -0.15) is 0 Å². The van der Waals surface area contributed by atoms with E-state index >= 15 is 0 Å². The minimum Gasteiger partial charge on any atom is -0.416 e. The van der Waals surface area contributed by atoms with Crippen LogP contribution < -0.4 is 0 Å². The summed E-state index contributed by atoms with van der Waals surface area (Å²) in [4.78, 5) is 7.83. The lowest BCUT2D eigenvalue weighted by Gasteiger charge is -2.12. The van der Waals surface area contributed by atoms with Crippen LogP contribution in [0.2, 0.25) is 25.1 Å². The molecule has 2 aromatic heterocycles. The second-order valence-electron chi connectivity index (χ2n) is 6.53. The van der Waals surface area contributed by atoms with Crippen molar-refractivity contribution in [2.24, 2.45) is 0 Å². The van der Waals surface area contributed by atoms with Crippen LogP contribution >= 0.6 is 58.0 Å². The van der Waals surface area contributed by atoms with Gasteiger partial charge in [-0.15, -0.1) is 10.2 Å². The van der Waals surface area contributed by atoms with Crippen molar-refractivity contribution in [1.29, 1.82) is 0 Å². The summed E-state index contributed by atoms with van der Waals surface area (Å²) in [5.41, 5.74) is 2.98. The largest absolute Gasteiger partial charge is 0.416 e. The summed E-state index contributed by atoms with van der Waals surface area (Å²) >= 11 is 31.8. The molecule has 10 heteroatoms. The molecule has 0 unspecified atom stereocenters. The van der Waals surface area contributed by atoms with Gasteiger partial charge in [-0.1, -0.05) is 70.1 Å². The van der Waals surface area contributed by atoms with Crippen molar-refractivity contribution in [2.75, 3.05) is 0 Å². The second kappa shape index (κ2) is 8.01. The van der Waals surface area contributed by atoms with E-state index in [1.165, 1.54) is 0 Å². The number of hydrogen-bond donors (Lipinski definition) is 1. The predicted octanol–water partition coefficient (Wildman–Crippen LogP) is 8.21. The average molecular weight is 511 g/mol. The lowest BCUT2D eigenvalue weighted by Crippen LogP contribution is -1.93. The summed E-state index contributed by atoms with van der Waals surface area (Å²) in [5, 5.41) is 9.35. The average Bonchev–Trinajstić information content (AvgIpc) is 3.42. The van der Waals surface area contributed by atoms with Gasteiger partial charge in [-0.05, 0) is 36.4 Å². The fourth-order valence-electron chi connectivity index (χ4n) is 3.16. The Morgan fingerprint density at radius 2 is 1.32 bits per heavy atom. The quantitative estimate of drug-likeness (QED) is 0.196. The van der Waals surface area contributed by atoms with Crippen molar-refractivity contribution in [1.82, 2.24) is 20.2 Å². The standard InChI is InChI=1S/C21H9Cl5N4O/c22-10-7-5-9(6-8-10)20-29-30-21(31-20)14-13(15(23)17(25)18(26)16(14)24)19-27-11-3-1-2-4-12(11)28-19/h1-8H,(H,27,28). The third-order valence-electron chi connectivity index (χ3n) is 4.62. The molecular weight excluding hydrogens is 502 g/mol. The molecule has 0 saturated heterocycles. The maximum absolute atomic E-state index is 6.59. The number of nitrogens with zero attached hydrogens (tertiary/aromatic N) is 3. The van der Waals surface area contributed by atoms with Crippen LogP contribution in [0.1, 0.15) is 0 Å². The number of para-hydroxylation sites is 2. The SMILES string of the molecule is Clc1ccc(-c2nnc(-c3c(Cl)c(Cl)c(Cl)c(Cl)c3-c3nc4ccccc4[nH]3)o2)cc1. The zero-order chi connectivity index (χ0) is 21.7. The predicted molar refractivity (Wildman–Crippen MR) is 125 cm³/mol. The van der Waals surface area contributed by atoms with Gasteiger partial charge in [0, 0.05) is 10.6 Å². The highest BCUT2D eigenvalue weighted by atomic mass is 35.5. The molecule has 0 spiro atoms. The summed E-state index contributed by atoms with van der Waals surface area (Å²) in [6.45, 7) is 0. The maximum Gasteiger partial charge on any atom is 0.250 e. The summed E-state index contributed by atoms with van der Waals surface area (Å²) in [6, 6.07) is 14.5. The van der Waals surface area contributed by atoms with Crippen LogP contribution in [0.4, 0.5) is 0 Å². The molecule has 154 valence electrons. The topological polar surface area (TPSA) is 67.6 Å². The molecule has 0 atom stereocenters. The molecule has 5 rings (SSSR count). The van der Waals surface area contributed by atoms with Crippen LogP contribution in [0.3, 0.4) is 0 Å². The summed E-state index contributed by atoms with van der Waals surface area (Å²) in [5.74, 6) is 0.833. The highest BCUT2D eigenvalue weighted by Crippen LogP contribution is 2.49. The lowest BCUT2D eigenvalue weighted by molar-refractivity contribution is 0.585. The molecule has 0 saturated carbocycles. The number of nitrogens with one attached hydrogen (secondary N) is 1. The second-order valence-corrected chi connectivity index (χ2v) is 8.48. The number of fused-ring (bicyclic) bond motifs is 1. The van der Waals surface area contributed by atoms with E-state index in [4.69, 9.17) is 62.4 Å². The third-order valence-corrected chi connectivity index (χ3v) is 6.68. The van der Waals surface area contributed by atoms with Crippen LogP contribution in [0, 0.1) is 0 Å². The molecular formula is C21H9Cl5N4O. The highest BCUT2D eigenvalue weighted by Gasteiger charge is 2.28. The van der Waals surface area contributed by atoms with E-state index in [2.05, 4.69) is 20.2 Å². The molecule has 0 aliphatic heterocycles. The van der Waals surface area contributed by atoms with Crippen LogP contribution in [-0.2, 0) is 0 Å². The Bertz CT molecular complexity index is 1410. The Balaban J connectivity index is 1.74. The fourth-order valence-corrected chi connectivity index (χ4v) is 4.31. The van der Waals surface area contributed by atoms with Gasteiger partial charge in [-0.3, -0.25) is 0 Å². The van der Waals surface area contributed by atoms with Crippen molar-refractivity contribution in [3.8, 4) is 34.3 Å². The molecule has 0 bridgehead atoms. The van der Waals surface area contributed by atoms with E-state index < -0.39 is 0 Å². The van der Waals surface area contributed by atoms with Crippen molar-refractivity contribution >= 4 is 69.0 Å². The smallest absolute Gasteiger partial charge is 0.250 e.